The molecule has 1 fully saturated rings. The van der Waals surface area contributed by atoms with Gasteiger partial charge in [-0.3, -0.25) is 0 Å². The van der Waals surface area contributed by atoms with E-state index in [0.717, 1.165) is 29.5 Å². The Morgan fingerprint density at radius 1 is 1.00 bits per heavy atom. The average Bonchev–Trinajstić information content (AvgIpc) is 2.61. The summed E-state index contributed by atoms with van der Waals surface area (Å²) in [6, 6.07) is 9.11. The molecule has 24 heavy (non-hydrogen) atoms. The third kappa shape index (κ3) is 4.19. The van der Waals surface area contributed by atoms with Crippen molar-refractivity contribution in [2.75, 3.05) is 0 Å². The van der Waals surface area contributed by atoms with Crippen molar-refractivity contribution in [2.24, 2.45) is 11.8 Å². The Balaban J connectivity index is 1.57. The Kier molecular flexibility index (Phi) is 5.60. The zero-order valence-corrected chi connectivity index (χ0v) is 14.8. The van der Waals surface area contributed by atoms with Crippen molar-refractivity contribution in [1.82, 2.24) is 10.2 Å². The van der Waals surface area contributed by atoms with E-state index >= 15 is 0 Å². The maximum absolute atomic E-state index is 14.0. The highest BCUT2D eigenvalue weighted by Gasteiger charge is 2.19. The van der Waals surface area contributed by atoms with E-state index in [9.17, 15) is 4.39 Å². The Hall–Kier alpha value is -1.77. The number of aryl methyl sites for hydroxylation is 2. The van der Waals surface area contributed by atoms with Gasteiger partial charge in [-0.2, -0.15) is 10.2 Å². The molecule has 2 aromatic rings. The molecule has 1 aliphatic carbocycles. The molecule has 0 unspecified atom stereocenters. The van der Waals surface area contributed by atoms with Crippen LogP contribution in [0.3, 0.4) is 0 Å². The second-order valence-electron chi connectivity index (χ2n) is 7.23. The fraction of sp³-hybridized carbons (Fsp3) is 0.524. The van der Waals surface area contributed by atoms with Crippen LogP contribution in [0.1, 0.15) is 56.7 Å². The van der Waals surface area contributed by atoms with Crippen LogP contribution >= 0.6 is 0 Å². The second-order valence-corrected chi connectivity index (χ2v) is 7.23. The molecule has 0 bridgehead atoms. The number of nitrogens with zero attached hydrogens (tertiary/aromatic N) is 2. The maximum atomic E-state index is 14.0. The van der Waals surface area contributed by atoms with E-state index in [-0.39, 0.29) is 5.82 Å². The summed E-state index contributed by atoms with van der Waals surface area (Å²) in [6.07, 6.45) is 9.00. The van der Waals surface area contributed by atoms with Gasteiger partial charge in [0.2, 0.25) is 0 Å². The number of benzene rings is 1. The monoisotopic (exact) mass is 326 g/mol. The summed E-state index contributed by atoms with van der Waals surface area (Å²) in [6.45, 7) is 4.19. The number of hydrogen-bond acceptors (Lipinski definition) is 2. The molecule has 2 nitrogen and oxygen atoms in total. The third-order valence-corrected chi connectivity index (χ3v) is 5.47. The van der Waals surface area contributed by atoms with Crippen molar-refractivity contribution >= 4 is 0 Å². The van der Waals surface area contributed by atoms with Gasteiger partial charge in [0.25, 0.3) is 0 Å². The number of aromatic nitrogens is 2. The van der Waals surface area contributed by atoms with Gasteiger partial charge in [-0.15, -0.1) is 0 Å². The second kappa shape index (κ2) is 7.87. The minimum atomic E-state index is -0.232. The molecule has 0 saturated heterocycles. The van der Waals surface area contributed by atoms with Gasteiger partial charge in [0.1, 0.15) is 5.82 Å². The van der Waals surface area contributed by atoms with Crippen LogP contribution in [0.15, 0.2) is 30.3 Å². The summed E-state index contributed by atoms with van der Waals surface area (Å²) < 4.78 is 14.0. The maximum Gasteiger partial charge on any atom is 0.132 e. The van der Waals surface area contributed by atoms with Crippen LogP contribution < -0.4 is 0 Å². The van der Waals surface area contributed by atoms with E-state index in [0.29, 0.717) is 11.3 Å². The Bertz CT molecular complexity index is 658. The van der Waals surface area contributed by atoms with Crippen LogP contribution in [0.4, 0.5) is 4.39 Å². The zero-order chi connectivity index (χ0) is 16.9. The fourth-order valence-electron chi connectivity index (χ4n) is 3.75. The molecule has 1 heterocycles. The normalized spacial score (nSPS) is 21.0. The van der Waals surface area contributed by atoms with Gasteiger partial charge in [0.15, 0.2) is 0 Å². The molecule has 1 aromatic heterocycles. The predicted molar refractivity (Wildman–Crippen MR) is 96.2 cm³/mol. The van der Waals surface area contributed by atoms with Crippen molar-refractivity contribution < 1.29 is 4.39 Å². The van der Waals surface area contributed by atoms with Crippen molar-refractivity contribution in [3.05, 3.63) is 47.4 Å². The van der Waals surface area contributed by atoms with E-state index in [4.69, 9.17) is 0 Å². The Morgan fingerprint density at radius 2 is 1.75 bits per heavy atom. The molecule has 0 amide bonds. The largest absolute Gasteiger partial charge is 0.206 e. The van der Waals surface area contributed by atoms with Crippen LogP contribution in [0.25, 0.3) is 11.3 Å². The summed E-state index contributed by atoms with van der Waals surface area (Å²) in [7, 11) is 0. The summed E-state index contributed by atoms with van der Waals surface area (Å²) in [4.78, 5) is 0. The predicted octanol–water partition coefficient (Wildman–Crippen LogP) is 5.74. The number of rotatable bonds is 5. The highest BCUT2D eigenvalue weighted by molar-refractivity contribution is 5.59. The summed E-state index contributed by atoms with van der Waals surface area (Å²) in [5, 5.41) is 8.56. The SMILES string of the molecule is CCC1CCC(CCc2ccc(-c3ccc(C)cc3F)nn2)CC1. The van der Waals surface area contributed by atoms with Crippen LogP contribution in [0, 0.1) is 24.6 Å². The van der Waals surface area contributed by atoms with E-state index in [2.05, 4.69) is 17.1 Å². The minimum absolute atomic E-state index is 0.232. The number of halogens is 1. The summed E-state index contributed by atoms with van der Waals surface area (Å²) in [5.41, 5.74) is 3.07. The standard InChI is InChI=1S/C21H27FN2/c1-3-16-5-7-17(8-6-16)9-10-18-11-13-21(24-23-18)19-12-4-15(2)14-20(19)22/h4,11-14,16-17H,3,5-10H2,1-2H3. The fourth-order valence-corrected chi connectivity index (χ4v) is 3.75. The molecular weight excluding hydrogens is 299 g/mol. The minimum Gasteiger partial charge on any atom is -0.206 e. The first-order chi connectivity index (χ1) is 11.7. The quantitative estimate of drug-likeness (QED) is 0.700. The molecule has 0 N–H and O–H groups in total. The molecule has 0 radical (unpaired) electrons. The molecular formula is C21H27FN2. The average molecular weight is 326 g/mol. The van der Waals surface area contributed by atoms with Gasteiger partial charge < -0.3 is 0 Å². The lowest BCUT2D eigenvalue weighted by Crippen LogP contribution is -2.14. The molecule has 1 saturated carbocycles. The molecule has 0 aliphatic heterocycles. The van der Waals surface area contributed by atoms with Crippen LogP contribution in [-0.2, 0) is 6.42 Å². The lowest BCUT2D eigenvalue weighted by molar-refractivity contribution is 0.258. The summed E-state index contributed by atoms with van der Waals surface area (Å²) >= 11 is 0. The van der Waals surface area contributed by atoms with E-state index in [1.807, 2.05) is 25.1 Å². The van der Waals surface area contributed by atoms with E-state index in [1.165, 1.54) is 44.6 Å². The highest BCUT2D eigenvalue weighted by Crippen LogP contribution is 2.33. The third-order valence-electron chi connectivity index (χ3n) is 5.47. The van der Waals surface area contributed by atoms with Gasteiger partial charge in [-0.25, -0.2) is 4.39 Å². The molecule has 0 spiro atoms. The van der Waals surface area contributed by atoms with Gasteiger partial charge in [0.05, 0.1) is 11.4 Å². The van der Waals surface area contributed by atoms with Crippen LogP contribution in [0.2, 0.25) is 0 Å². The topological polar surface area (TPSA) is 25.8 Å². The van der Waals surface area contributed by atoms with Gasteiger partial charge in [0, 0.05) is 5.56 Å². The highest BCUT2D eigenvalue weighted by atomic mass is 19.1. The van der Waals surface area contributed by atoms with Gasteiger partial charge in [-0.1, -0.05) is 45.1 Å². The molecule has 1 aliphatic rings. The molecule has 3 rings (SSSR count). The lowest BCUT2D eigenvalue weighted by atomic mass is 9.79. The lowest BCUT2D eigenvalue weighted by Gasteiger charge is -2.27. The van der Waals surface area contributed by atoms with Crippen LogP contribution in [-0.4, -0.2) is 10.2 Å². The van der Waals surface area contributed by atoms with Crippen LogP contribution in [0.5, 0.6) is 0 Å². The van der Waals surface area contributed by atoms with Crippen molar-refractivity contribution in [1.29, 1.82) is 0 Å². The molecule has 128 valence electrons. The first kappa shape index (κ1) is 17.1. The molecule has 3 heteroatoms. The first-order valence-corrected chi connectivity index (χ1v) is 9.25. The zero-order valence-electron chi connectivity index (χ0n) is 14.8. The molecule has 0 atom stereocenters. The van der Waals surface area contributed by atoms with Gasteiger partial charge in [-0.05, 0) is 61.4 Å². The molecule has 1 aromatic carbocycles. The first-order valence-electron chi connectivity index (χ1n) is 9.25. The Morgan fingerprint density at radius 3 is 2.38 bits per heavy atom. The van der Waals surface area contributed by atoms with Gasteiger partial charge >= 0.3 is 0 Å². The number of hydrogen-bond donors (Lipinski definition) is 0. The van der Waals surface area contributed by atoms with Crippen molar-refractivity contribution in [3.8, 4) is 11.3 Å². The smallest absolute Gasteiger partial charge is 0.132 e. The van der Waals surface area contributed by atoms with Crippen molar-refractivity contribution in [2.45, 2.75) is 58.8 Å². The van der Waals surface area contributed by atoms with E-state index in [1.54, 1.807) is 6.07 Å². The van der Waals surface area contributed by atoms with E-state index < -0.39 is 0 Å². The Labute approximate surface area is 144 Å². The van der Waals surface area contributed by atoms with Crippen molar-refractivity contribution in [3.63, 3.8) is 0 Å². The summed E-state index contributed by atoms with van der Waals surface area (Å²) in [5.74, 6) is 1.55.